The van der Waals surface area contributed by atoms with Gasteiger partial charge in [0.15, 0.2) is 0 Å². The summed E-state index contributed by atoms with van der Waals surface area (Å²) < 4.78 is 16.5. The lowest BCUT2D eigenvalue weighted by Crippen LogP contribution is -2.23. The molecule has 0 radical (unpaired) electrons. The SMILES string of the molecule is COc1cccc(OCCOc2ccccc2CNC(=O)CCC(=O)O)c1. The summed E-state index contributed by atoms with van der Waals surface area (Å²) in [4.78, 5) is 22.2. The van der Waals surface area contributed by atoms with Crippen molar-refractivity contribution in [1.82, 2.24) is 5.32 Å². The molecule has 1 amide bonds. The van der Waals surface area contributed by atoms with Crippen molar-refractivity contribution in [2.24, 2.45) is 0 Å². The van der Waals surface area contributed by atoms with E-state index in [-0.39, 0.29) is 25.3 Å². The number of carboxylic acids is 1. The number of nitrogens with one attached hydrogen (secondary N) is 1. The van der Waals surface area contributed by atoms with Gasteiger partial charge in [0.1, 0.15) is 30.5 Å². The van der Waals surface area contributed by atoms with Gasteiger partial charge in [0.05, 0.1) is 13.5 Å². The number of carbonyl (C=O) groups is 2. The minimum atomic E-state index is -0.995. The third-order valence-electron chi connectivity index (χ3n) is 3.67. The average Bonchev–Trinajstić information content (AvgIpc) is 2.69. The van der Waals surface area contributed by atoms with Crippen LogP contribution >= 0.6 is 0 Å². The number of para-hydroxylation sites is 1. The van der Waals surface area contributed by atoms with Crippen molar-refractivity contribution in [3.8, 4) is 17.2 Å². The van der Waals surface area contributed by atoms with E-state index >= 15 is 0 Å². The zero-order valence-corrected chi connectivity index (χ0v) is 15.1. The molecule has 0 spiro atoms. The second-order valence-corrected chi connectivity index (χ2v) is 5.65. The van der Waals surface area contributed by atoms with Crippen molar-refractivity contribution < 1.29 is 28.9 Å². The van der Waals surface area contributed by atoms with Crippen molar-refractivity contribution in [1.29, 1.82) is 0 Å². The van der Waals surface area contributed by atoms with E-state index in [1.54, 1.807) is 13.2 Å². The number of hydrogen-bond acceptors (Lipinski definition) is 5. The summed E-state index contributed by atoms with van der Waals surface area (Å²) in [6.07, 6.45) is -0.238. The summed E-state index contributed by atoms with van der Waals surface area (Å²) in [6, 6.07) is 14.7. The van der Waals surface area contributed by atoms with Crippen LogP contribution < -0.4 is 19.5 Å². The van der Waals surface area contributed by atoms with Crippen molar-refractivity contribution in [3.63, 3.8) is 0 Å². The Bertz CT molecular complexity index is 762. The van der Waals surface area contributed by atoms with Crippen molar-refractivity contribution in [3.05, 3.63) is 54.1 Å². The Morgan fingerprint density at radius 2 is 1.70 bits per heavy atom. The number of rotatable bonds is 11. The predicted molar refractivity (Wildman–Crippen MR) is 99.1 cm³/mol. The Labute approximate surface area is 157 Å². The average molecular weight is 373 g/mol. The molecular weight excluding hydrogens is 350 g/mol. The summed E-state index contributed by atoms with van der Waals surface area (Å²) in [5, 5.41) is 11.3. The molecule has 7 heteroatoms. The van der Waals surface area contributed by atoms with E-state index in [0.717, 1.165) is 11.3 Å². The first-order valence-electron chi connectivity index (χ1n) is 8.54. The van der Waals surface area contributed by atoms with Gasteiger partial charge in [-0.25, -0.2) is 0 Å². The molecule has 0 unspecified atom stereocenters. The highest BCUT2D eigenvalue weighted by molar-refractivity contribution is 5.80. The molecule has 27 heavy (non-hydrogen) atoms. The number of carbonyl (C=O) groups excluding carboxylic acids is 1. The molecule has 0 atom stereocenters. The van der Waals surface area contributed by atoms with Crippen LogP contribution in [-0.4, -0.2) is 37.3 Å². The number of methoxy groups -OCH3 is 1. The molecule has 0 fully saturated rings. The Kier molecular flexibility index (Phi) is 7.96. The van der Waals surface area contributed by atoms with Crippen LogP contribution in [0.25, 0.3) is 0 Å². The fourth-order valence-electron chi connectivity index (χ4n) is 2.30. The number of amides is 1. The van der Waals surface area contributed by atoms with Crippen LogP contribution in [0, 0.1) is 0 Å². The van der Waals surface area contributed by atoms with Gasteiger partial charge in [0, 0.05) is 24.6 Å². The second-order valence-electron chi connectivity index (χ2n) is 5.65. The van der Waals surface area contributed by atoms with Gasteiger partial charge in [-0.3, -0.25) is 9.59 Å². The minimum absolute atomic E-state index is 0.0489. The molecular formula is C20H23NO6. The fraction of sp³-hybridized carbons (Fsp3) is 0.300. The van der Waals surface area contributed by atoms with Crippen molar-refractivity contribution in [2.45, 2.75) is 19.4 Å². The Hall–Kier alpha value is -3.22. The smallest absolute Gasteiger partial charge is 0.303 e. The van der Waals surface area contributed by atoms with E-state index in [1.807, 2.05) is 42.5 Å². The summed E-state index contributed by atoms with van der Waals surface area (Å²) >= 11 is 0. The fourth-order valence-corrected chi connectivity index (χ4v) is 2.30. The monoisotopic (exact) mass is 373 g/mol. The third-order valence-corrected chi connectivity index (χ3v) is 3.67. The first-order chi connectivity index (χ1) is 13.1. The predicted octanol–water partition coefficient (Wildman–Crippen LogP) is 2.63. The van der Waals surface area contributed by atoms with Crippen LogP contribution in [-0.2, 0) is 16.1 Å². The molecule has 0 aliphatic carbocycles. The summed E-state index contributed by atoms with van der Waals surface area (Å²) in [6.45, 7) is 0.957. The van der Waals surface area contributed by atoms with E-state index in [9.17, 15) is 9.59 Å². The topological polar surface area (TPSA) is 94.1 Å². The van der Waals surface area contributed by atoms with Crippen LogP contribution in [0.15, 0.2) is 48.5 Å². The van der Waals surface area contributed by atoms with Crippen LogP contribution in [0.4, 0.5) is 0 Å². The maximum atomic E-state index is 11.7. The quantitative estimate of drug-likeness (QED) is 0.588. The molecule has 2 N–H and O–H groups in total. The number of hydrogen-bond donors (Lipinski definition) is 2. The molecule has 2 aromatic rings. The van der Waals surface area contributed by atoms with Gasteiger partial charge in [0.25, 0.3) is 0 Å². The summed E-state index contributed by atoms with van der Waals surface area (Å²) in [5.41, 5.74) is 0.808. The molecule has 0 saturated heterocycles. The first kappa shape index (κ1) is 20.1. The number of ether oxygens (including phenoxy) is 3. The maximum absolute atomic E-state index is 11.7. The zero-order chi connectivity index (χ0) is 19.5. The molecule has 2 aromatic carbocycles. The molecule has 0 saturated carbocycles. The van der Waals surface area contributed by atoms with Gasteiger partial charge in [-0.05, 0) is 18.2 Å². The molecule has 144 valence electrons. The molecule has 0 heterocycles. The Balaban J connectivity index is 1.79. The minimum Gasteiger partial charge on any atom is -0.497 e. The maximum Gasteiger partial charge on any atom is 0.303 e. The number of aliphatic carboxylic acids is 1. The highest BCUT2D eigenvalue weighted by Gasteiger charge is 2.08. The number of carboxylic acid groups (broad SMARTS) is 1. The lowest BCUT2D eigenvalue weighted by molar-refractivity contribution is -0.138. The first-order valence-corrected chi connectivity index (χ1v) is 8.54. The normalized spacial score (nSPS) is 10.1. The van der Waals surface area contributed by atoms with Gasteiger partial charge >= 0.3 is 5.97 Å². The third kappa shape index (κ3) is 7.27. The molecule has 0 bridgehead atoms. The van der Waals surface area contributed by atoms with Gasteiger partial charge < -0.3 is 24.6 Å². The van der Waals surface area contributed by atoms with E-state index in [2.05, 4.69) is 5.32 Å². The summed E-state index contributed by atoms with van der Waals surface area (Å²) in [5.74, 6) is 0.748. The van der Waals surface area contributed by atoms with Gasteiger partial charge in [-0.15, -0.1) is 0 Å². The van der Waals surface area contributed by atoms with Crippen LogP contribution in [0.1, 0.15) is 18.4 Å². The zero-order valence-electron chi connectivity index (χ0n) is 15.1. The van der Waals surface area contributed by atoms with E-state index < -0.39 is 5.97 Å². The highest BCUT2D eigenvalue weighted by Crippen LogP contribution is 2.20. The van der Waals surface area contributed by atoms with Crippen molar-refractivity contribution >= 4 is 11.9 Å². The van der Waals surface area contributed by atoms with Gasteiger partial charge in [0.2, 0.25) is 5.91 Å². The molecule has 0 aliphatic heterocycles. The second kappa shape index (κ2) is 10.7. The largest absolute Gasteiger partial charge is 0.497 e. The standard InChI is InChI=1S/C20H23NO6/c1-25-16-6-4-7-17(13-16)26-11-12-27-18-8-3-2-5-15(18)14-21-19(22)9-10-20(23)24/h2-8,13H,9-12,14H2,1H3,(H,21,22)(H,23,24). The Morgan fingerprint density at radius 1 is 0.963 bits per heavy atom. The molecule has 2 rings (SSSR count). The highest BCUT2D eigenvalue weighted by atomic mass is 16.5. The van der Waals surface area contributed by atoms with Crippen molar-refractivity contribution in [2.75, 3.05) is 20.3 Å². The molecule has 0 aliphatic rings. The van der Waals surface area contributed by atoms with Gasteiger partial charge in [-0.1, -0.05) is 24.3 Å². The number of benzene rings is 2. The van der Waals surface area contributed by atoms with Crippen LogP contribution in [0.3, 0.4) is 0 Å². The van der Waals surface area contributed by atoms with Gasteiger partial charge in [-0.2, -0.15) is 0 Å². The lowest BCUT2D eigenvalue weighted by atomic mass is 10.2. The van der Waals surface area contributed by atoms with E-state index in [0.29, 0.717) is 24.7 Å². The van der Waals surface area contributed by atoms with E-state index in [4.69, 9.17) is 19.3 Å². The molecule has 7 nitrogen and oxygen atoms in total. The Morgan fingerprint density at radius 3 is 2.48 bits per heavy atom. The molecule has 0 aromatic heterocycles. The van der Waals surface area contributed by atoms with Crippen LogP contribution in [0.5, 0.6) is 17.2 Å². The van der Waals surface area contributed by atoms with E-state index in [1.165, 1.54) is 0 Å². The lowest BCUT2D eigenvalue weighted by Gasteiger charge is -2.13. The van der Waals surface area contributed by atoms with Crippen LogP contribution in [0.2, 0.25) is 0 Å². The summed E-state index contributed by atoms with van der Waals surface area (Å²) in [7, 11) is 1.60.